The first-order valence-electron chi connectivity index (χ1n) is 9.75. The summed E-state index contributed by atoms with van der Waals surface area (Å²) >= 11 is 12.4. The lowest BCUT2D eigenvalue weighted by Crippen LogP contribution is -2.46. The van der Waals surface area contributed by atoms with Gasteiger partial charge in [-0.15, -0.1) is 0 Å². The number of nitrogens with one attached hydrogen (secondary N) is 1. The van der Waals surface area contributed by atoms with Crippen LogP contribution in [-0.4, -0.2) is 27.9 Å². The maximum Gasteiger partial charge on any atom is 0.0843 e. The van der Waals surface area contributed by atoms with Crippen molar-refractivity contribution in [1.82, 2.24) is 9.88 Å². The van der Waals surface area contributed by atoms with E-state index >= 15 is 0 Å². The molecule has 0 amide bonds. The number of nitrogens with zero attached hydrogens (tertiary/aromatic N) is 1. The molecule has 28 heavy (non-hydrogen) atoms. The van der Waals surface area contributed by atoms with Gasteiger partial charge in [0, 0.05) is 43.9 Å². The summed E-state index contributed by atoms with van der Waals surface area (Å²) in [5.41, 5.74) is 2.29. The Morgan fingerprint density at radius 1 is 0.929 bits per heavy atom. The first-order chi connectivity index (χ1) is 13.0. The molecule has 1 atom stereocenters. The average molecular weight is 421 g/mol. The molecule has 3 rings (SSSR count). The highest BCUT2D eigenvalue weighted by Gasteiger charge is 2.25. The van der Waals surface area contributed by atoms with Gasteiger partial charge < -0.3 is 15.0 Å². The van der Waals surface area contributed by atoms with E-state index < -0.39 is 6.10 Å². The zero-order valence-corrected chi connectivity index (χ0v) is 18.8. The van der Waals surface area contributed by atoms with E-state index in [2.05, 4.69) is 44.5 Å². The summed E-state index contributed by atoms with van der Waals surface area (Å²) in [7, 11) is 0. The standard InChI is InChI=1S/C23H30Cl2N2O/c1-22(2,3)14-23(4,5)26-12-17(28)13-27-20-8-6-15(24)10-18(20)19-11-16(25)7-9-21(19)27/h6-11,17,26,28H,12-14H2,1-5H3. The number of aliphatic hydroxyl groups is 1. The average Bonchev–Trinajstić information content (AvgIpc) is 2.84. The van der Waals surface area contributed by atoms with Crippen LogP contribution in [-0.2, 0) is 6.54 Å². The number of rotatable bonds is 6. The van der Waals surface area contributed by atoms with Gasteiger partial charge in [0.05, 0.1) is 12.6 Å². The first kappa shape index (κ1) is 21.4. The van der Waals surface area contributed by atoms with Gasteiger partial charge in [0.15, 0.2) is 0 Å². The molecule has 0 aliphatic heterocycles. The molecular weight excluding hydrogens is 391 g/mol. The highest BCUT2D eigenvalue weighted by Crippen LogP contribution is 2.33. The zero-order chi connectivity index (χ0) is 20.7. The van der Waals surface area contributed by atoms with Gasteiger partial charge >= 0.3 is 0 Å². The van der Waals surface area contributed by atoms with Crippen molar-refractivity contribution in [3.63, 3.8) is 0 Å². The van der Waals surface area contributed by atoms with Gasteiger partial charge in [-0.2, -0.15) is 0 Å². The highest BCUT2D eigenvalue weighted by atomic mass is 35.5. The maximum absolute atomic E-state index is 10.8. The van der Waals surface area contributed by atoms with Gasteiger partial charge in [0.2, 0.25) is 0 Å². The highest BCUT2D eigenvalue weighted by molar-refractivity contribution is 6.33. The van der Waals surface area contributed by atoms with E-state index in [1.165, 1.54) is 0 Å². The Kier molecular flexibility index (Phi) is 6.03. The molecule has 1 aromatic heterocycles. The minimum absolute atomic E-state index is 0.0406. The van der Waals surface area contributed by atoms with Crippen molar-refractivity contribution in [1.29, 1.82) is 0 Å². The maximum atomic E-state index is 10.8. The molecule has 0 fully saturated rings. The molecule has 2 N–H and O–H groups in total. The zero-order valence-electron chi connectivity index (χ0n) is 17.3. The van der Waals surface area contributed by atoms with Crippen LogP contribution in [0.5, 0.6) is 0 Å². The number of fused-ring (bicyclic) bond motifs is 3. The Hall–Kier alpha value is -1.26. The topological polar surface area (TPSA) is 37.2 Å². The summed E-state index contributed by atoms with van der Waals surface area (Å²) < 4.78 is 2.15. The lowest BCUT2D eigenvalue weighted by atomic mass is 9.82. The third kappa shape index (κ3) is 5.01. The normalized spacial score (nSPS) is 14.1. The van der Waals surface area contributed by atoms with Crippen molar-refractivity contribution >= 4 is 45.0 Å². The molecule has 5 heteroatoms. The quantitative estimate of drug-likeness (QED) is 0.493. The van der Waals surface area contributed by atoms with E-state index in [1.807, 2.05) is 36.4 Å². The van der Waals surface area contributed by atoms with Crippen LogP contribution in [0.3, 0.4) is 0 Å². The summed E-state index contributed by atoms with van der Waals surface area (Å²) in [6, 6.07) is 11.7. The molecule has 1 heterocycles. The smallest absolute Gasteiger partial charge is 0.0843 e. The fraction of sp³-hybridized carbons (Fsp3) is 0.478. The predicted octanol–water partition coefficient (Wildman–Crippen LogP) is 6.27. The molecule has 1 unspecified atom stereocenters. The van der Waals surface area contributed by atoms with Crippen LogP contribution in [0.25, 0.3) is 21.8 Å². The van der Waals surface area contributed by atoms with Gasteiger partial charge in [-0.25, -0.2) is 0 Å². The van der Waals surface area contributed by atoms with Crippen LogP contribution in [0.4, 0.5) is 0 Å². The van der Waals surface area contributed by atoms with Crippen LogP contribution in [0.15, 0.2) is 36.4 Å². The van der Waals surface area contributed by atoms with Crippen LogP contribution < -0.4 is 5.32 Å². The van der Waals surface area contributed by atoms with Crippen LogP contribution in [0.2, 0.25) is 10.0 Å². The van der Waals surface area contributed by atoms with E-state index in [-0.39, 0.29) is 11.0 Å². The molecular formula is C23H30Cl2N2O. The lowest BCUT2D eigenvalue weighted by molar-refractivity contribution is 0.133. The molecule has 0 bridgehead atoms. The van der Waals surface area contributed by atoms with Crippen molar-refractivity contribution in [3.05, 3.63) is 46.4 Å². The Morgan fingerprint density at radius 2 is 1.43 bits per heavy atom. The van der Waals surface area contributed by atoms with Crippen molar-refractivity contribution < 1.29 is 5.11 Å². The van der Waals surface area contributed by atoms with Gasteiger partial charge in [-0.1, -0.05) is 44.0 Å². The van der Waals surface area contributed by atoms with Gasteiger partial charge in [-0.3, -0.25) is 0 Å². The summed E-state index contributed by atoms with van der Waals surface area (Å²) in [5.74, 6) is 0. The van der Waals surface area contributed by atoms with Gasteiger partial charge in [0.1, 0.15) is 0 Å². The number of aliphatic hydroxyl groups excluding tert-OH is 1. The largest absolute Gasteiger partial charge is 0.390 e. The van der Waals surface area contributed by atoms with Crippen molar-refractivity contribution in [2.45, 2.75) is 59.2 Å². The summed E-state index contributed by atoms with van der Waals surface area (Å²) in [4.78, 5) is 0. The second-order valence-electron chi connectivity index (χ2n) is 9.59. The number of hydrogen-bond donors (Lipinski definition) is 2. The van der Waals surface area contributed by atoms with E-state index in [0.29, 0.717) is 23.1 Å². The third-order valence-electron chi connectivity index (χ3n) is 4.97. The predicted molar refractivity (Wildman–Crippen MR) is 122 cm³/mol. The molecule has 2 aromatic carbocycles. The lowest BCUT2D eigenvalue weighted by Gasteiger charge is -2.34. The number of aromatic nitrogens is 1. The SMILES string of the molecule is CC(C)(C)CC(C)(C)NCC(O)Cn1c2ccc(Cl)cc2c2cc(Cl)ccc21. The summed E-state index contributed by atoms with van der Waals surface area (Å²) in [6.45, 7) is 12.1. The molecule has 0 spiro atoms. The monoisotopic (exact) mass is 420 g/mol. The van der Waals surface area contributed by atoms with Crippen LogP contribution in [0.1, 0.15) is 41.0 Å². The minimum Gasteiger partial charge on any atom is -0.390 e. The van der Waals surface area contributed by atoms with Crippen LogP contribution >= 0.6 is 23.2 Å². The number of β-amino-alcohol motifs (C(OH)–C–C–N with tert-alkyl or cyclic N) is 1. The van der Waals surface area contributed by atoms with Gasteiger partial charge in [0.25, 0.3) is 0 Å². The molecule has 152 valence electrons. The third-order valence-corrected chi connectivity index (χ3v) is 5.44. The number of hydrogen-bond acceptors (Lipinski definition) is 2. The Labute approximate surface area is 177 Å². The Bertz CT molecular complexity index is 926. The molecule has 0 saturated carbocycles. The molecule has 0 radical (unpaired) electrons. The van der Waals surface area contributed by atoms with Crippen molar-refractivity contribution in [3.8, 4) is 0 Å². The van der Waals surface area contributed by atoms with Gasteiger partial charge in [-0.05, 0) is 62.1 Å². The fourth-order valence-corrected chi connectivity index (χ4v) is 4.65. The van der Waals surface area contributed by atoms with E-state index in [1.54, 1.807) is 0 Å². The molecule has 0 aliphatic carbocycles. The Balaban J connectivity index is 1.85. The number of benzene rings is 2. The van der Waals surface area contributed by atoms with Crippen LogP contribution in [0, 0.1) is 5.41 Å². The summed E-state index contributed by atoms with van der Waals surface area (Å²) in [5, 5.41) is 17.8. The van der Waals surface area contributed by atoms with E-state index in [0.717, 1.165) is 28.2 Å². The van der Waals surface area contributed by atoms with Crippen molar-refractivity contribution in [2.24, 2.45) is 5.41 Å². The van der Waals surface area contributed by atoms with E-state index in [4.69, 9.17) is 23.2 Å². The van der Waals surface area contributed by atoms with Crippen molar-refractivity contribution in [2.75, 3.05) is 6.54 Å². The minimum atomic E-state index is -0.510. The molecule has 3 nitrogen and oxygen atoms in total. The molecule has 0 aliphatic rings. The first-order valence-corrected chi connectivity index (χ1v) is 10.5. The van der Waals surface area contributed by atoms with E-state index in [9.17, 15) is 5.11 Å². The second kappa shape index (κ2) is 7.87. The molecule has 0 saturated heterocycles. The fourth-order valence-electron chi connectivity index (χ4n) is 4.30. The second-order valence-corrected chi connectivity index (χ2v) is 10.5. The molecule has 3 aromatic rings. The number of halogens is 2. The summed E-state index contributed by atoms with van der Waals surface area (Å²) in [6.07, 6.45) is 0.517. The Morgan fingerprint density at radius 3 is 1.89 bits per heavy atom.